The summed E-state index contributed by atoms with van der Waals surface area (Å²) in [6.07, 6.45) is -18.8. The van der Waals surface area contributed by atoms with Gasteiger partial charge < -0.3 is 69.6 Å². The molecule has 0 aromatic heterocycles. The summed E-state index contributed by atoms with van der Waals surface area (Å²) in [4.78, 5) is 10.9. The summed E-state index contributed by atoms with van der Waals surface area (Å²) in [7, 11) is 0. The van der Waals surface area contributed by atoms with Gasteiger partial charge in [-0.3, -0.25) is 0 Å². The molecule has 2 aliphatic heterocycles. The molecule has 31 heavy (non-hydrogen) atoms. The van der Waals surface area contributed by atoms with Crippen molar-refractivity contribution in [1.82, 2.24) is 0 Å². The van der Waals surface area contributed by atoms with Crippen LogP contribution in [0.25, 0.3) is 0 Å². The minimum absolute atomic E-state index is 0.591. The maximum Gasteiger partial charge on any atom is 0.506 e. The first-order chi connectivity index (χ1) is 14.6. The molecule has 10 unspecified atom stereocenters. The first-order valence-corrected chi connectivity index (χ1v) is 9.34. The molecule has 15 heteroatoms. The van der Waals surface area contributed by atoms with Gasteiger partial charge in [-0.1, -0.05) is 0 Å². The summed E-state index contributed by atoms with van der Waals surface area (Å²) in [6.45, 7) is -2.57. The second-order valence-corrected chi connectivity index (χ2v) is 7.07. The van der Waals surface area contributed by atoms with E-state index in [0.29, 0.717) is 0 Å². The van der Waals surface area contributed by atoms with E-state index in [-0.39, 0.29) is 0 Å². The zero-order valence-corrected chi connectivity index (χ0v) is 16.2. The Morgan fingerprint density at radius 1 is 0.710 bits per heavy atom. The van der Waals surface area contributed by atoms with Gasteiger partial charge in [0.2, 0.25) is 0 Å². The van der Waals surface area contributed by atoms with Crippen LogP contribution in [0.4, 0.5) is 4.79 Å². The lowest BCUT2D eigenvalue weighted by molar-refractivity contribution is -0.314. The van der Waals surface area contributed by atoms with Crippen LogP contribution in [-0.2, 0) is 23.7 Å². The maximum atomic E-state index is 10.9. The summed E-state index contributed by atoms with van der Waals surface area (Å²) < 4.78 is 25.2. The van der Waals surface area contributed by atoms with E-state index < -0.39 is 100 Å². The average Bonchev–Trinajstić information content (AvgIpc) is 2.74. The standard InChI is InChI=1S/C16H28O15/c17-1-6-8(19)10(21)12(23)14(30-6)27-3-5(29-16(25)26)4-28-15-13(24)11(22)9(20)7(2-18)31-15/h5-15,17-24H,1-4H2,(H,25,26). The molecule has 2 rings (SSSR count). The van der Waals surface area contributed by atoms with E-state index in [9.17, 15) is 35.4 Å². The monoisotopic (exact) mass is 460 g/mol. The fourth-order valence-corrected chi connectivity index (χ4v) is 3.07. The molecule has 182 valence electrons. The highest BCUT2D eigenvalue weighted by Crippen LogP contribution is 2.24. The first-order valence-electron chi connectivity index (χ1n) is 9.34. The lowest BCUT2D eigenvalue weighted by atomic mass is 9.99. The van der Waals surface area contributed by atoms with Gasteiger partial charge in [0, 0.05) is 0 Å². The highest BCUT2D eigenvalue weighted by Gasteiger charge is 2.45. The second kappa shape index (κ2) is 11.6. The Kier molecular flexibility index (Phi) is 9.74. The van der Waals surface area contributed by atoms with E-state index in [2.05, 4.69) is 4.74 Å². The number of carbonyl (C=O) groups is 1. The van der Waals surface area contributed by atoms with E-state index in [1.807, 2.05) is 0 Å². The molecule has 2 heterocycles. The Hall–Kier alpha value is -1.21. The molecule has 10 atom stereocenters. The molecule has 2 fully saturated rings. The summed E-state index contributed by atoms with van der Waals surface area (Å²) in [5.74, 6) is 0. The molecular weight excluding hydrogens is 432 g/mol. The molecule has 0 bridgehead atoms. The molecule has 2 saturated heterocycles. The van der Waals surface area contributed by atoms with E-state index in [4.69, 9.17) is 34.3 Å². The lowest BCUT2D eigenvalue weighted by Gasteiger charge is -2.40. The Balaban J connectivity index is 1.95. The van der Waals surface area contributed by atoms with Crippen LogP contribution in [0.5, 0.6) is 0 Å². The van der Waals surface area contributed by atoms with Crippen LogP contribution in [0, 0.1) is 0 Å². The molecule has 0 amide bonds. The van der Waals surface area contributed by atoms with Crippen LogP contribution in [0.1, 0.15) is 0 Å². The van der Waals surface area contributed by atoms with Crippen LogP contribution in [0.15, 0.2) is 0 Å². The fourth-order valence-electron chi connectivity index (χ4n) is 3.07. The normalized spacial score (nSPS) is 42.2. The molecule has 0 radical (unpaired) electrons. The maximum absolute atomic E-state index is 10.9. The minimum Gasteiger partial charge on any atom is -0.450 e. The predicted molar refractivity (Wildman–Crippen MR) is 92.3 cm³/mol. The Bertz CT molecular complexity index is 519. The van der Waals surface area contributed by atoms with Gasteiger partial charge in [-0.25, -0.2) is 4.79 Å². The van der Waals surface area contributed by atoms with Gasteiger partial charge in [0.25, 0.3) is 0 Å². The van der Waals surface area contributed by atoms with E-state index in [1.54, 1.807) is 0 Å². The fraction of sp³-hybridized carbons (Fsp3) is 0.938. The number of aliphatic hydroxyl groups excluding tert-OH is 8. The molecule has 0 aliphatic carbocycles. The average molecular weight is 460 g/mol. The van der Waals surface area contributed by atoms with Crippen molar-refractivity contribution < 1.29 is 74.4 Å². The van der Waals surface area contributed by atoms with Crippen molar-refractivity contribution in [3.8, 4) is 0 Å². The van der Waals surface area contributed by atoms with Gasteiger partial charge in [-0.15, -0.1) is 0 Å². The predicted octanol–water partition coefficient (Wildman–Crippen LogP) is -5.32. The van der Waals surface area contributed by atoms with Gasteiger partial charge in [0.05, 0.1) is 26.4 Å². The van der Waals surface area contributed by atoms with Crippen LogP contribution in [0.2, 0.25) is 0 Å². The molecule has 9 N–H and O–H groups in total. The Morgan fingerprint density at radius 2 is 1.10 bits per heavy atom. The van der Waals surface area contributed by atoms with Gasteiger partial charge in [0.1, 0.15) is 48.8 Å². The smallest absolute Gasteiger partial charge is 0.450 e. The SMILES string of the molecule is O=C(O)OC(COC1OC(CO)C(O)C(O)C1O)COC1OC(CO)C(O)C(O)C1O. The summed E-state index contributed by atoms with van der Waals surface area (Å²) >= 11 is 0. The van der Waals surface area contributed by atoms with E-state index >= 15 is 0 Å². The molecule has 0 aromatic carbocycles. The van der Waals surface area contributed by atoms with Gasteiger partial charge in [-0.2, -0.15) is 0 Å². The van der Waals surface area contributed by atoms with E-state index in [0.717, 1.165) is 0 Å². The topological polar surface area (TPSA) is 245 Å². The molecular formula is C16H28O15. The zero-order valence-electron chi connectivity index (χ0n) is 16.2. The molecule has 2 aliphatic rings. The number of carboxylic acid groups (broad SMARTS) is 1. The third-order valence-corrected chi connectivity index (χ3v) is 4.86. The van der Waals surface area contributed by atoms with Crippen molar-refractivity contribution in [3.05, 3.63) is 0 Å². The van der Waals surface area contributed by atoms with E-state index in [1.165, 1.54) is 0 Å². The molecule has 0 saturated carbocycles. The summed E-state index contributed by atoms with van der Waals surface area (Å²) in [6, 6.07) is 0. The van der Waals surface area contributed by atoms with Crippen molar-refractivity contribution in [1.29, 1.82) is 0 Å². The molecule has 0 spiro atoms. The Morgan fingerprint density at radius 3 is 1.42 bits per heavy atom. The van der Waals surface area contributed by atoms with Crippen LogP contribution < -0.4 is 0 Å². The number of rotatable bonds is 9. The quantitative estimate of drug-likeness (QED) is 0.146. The zero-order chi connectivity index (χ0) is 23.3. The van der Waals surface area contributed by atoms with Crippen molar-refractivity contribution in [2.24, 2.45) is 0 Å². The van der Waals surface area contributed by atoms with Gasteiger partial charge in [0.15, 0.2) is 18.7 Å². The molecule has 15 nitrogen and oxygen atoms in total. The third kappa shape index (κ3) is 6.41. The summed E-state index contributed by atoms with van der Waals surface area (Å²) in [5, 5.41) is 86.0. The summed E-state index contributed by atoms with van der Waals surface area (Å²) in [5.41, 5.74) is 0. The van der Waals surface area contributed by atoms with Crippen LogP contribution in [-0.4, -0.2) is 146 Å². The minimum atomic E-state index is -1.73. The van der Waals surface area contributed by atoms with Crippen molar-refractivity contribution >= 4 is 6.16 Å². The number of ether oxygens (including phenoxy) is 5. The second-order valence-electron chi connectivity index (χ2n) is 7.07. The van der Waals surface area contributed by atoms with Crippen LogP contribution >= 0.6 is 0 Å². The Labute approximate surface area is 175 Å². The van der Waals surface area contributed by atoms with Crippen molar-refractivity contribution in [2.45, 2.75) is 67.5 Å². The van der Waals surface area contributed by atoms with Crippen LogP contribution in [0.3, 0.4) is 0 Å². The highest BCUT2D eigenvalue weighted by atomic mass is 16.7. The van der Waals surface area contributed by atoms with Gasteiger partial charge >= 0.3 is 6.16 Å². The number of hydrogen-bond donors (Lipinski definition) is 9. The number of hydrogen-bond acceptors (Lipinski definition) is 14. The van der Waals surface area contributed by atoms with Gasteiger partial charge in [-0.05, 0) is 0 Å². The third-order valence-electron chi connectivity index (χ3n) is 4.86. The van der Waals surface area contributed by atoms with Crippen molar-refractivity contribution in [3.63, 3.8) is 0 Å². The largest absolute Gasteiger partial charge is 0.506 e. The highest BCUT2D eigenvalue weighted by molar-refractivity contribution is 5.57. The first kappa shape index (κ1) is 26.0. The molecule has 0 aromatic rings. The van der Waals surface area contributed by atoms with Crippen molar-refractivity contribution in [2.75, 3.05) is 26.4 Å². The lowest BCUT2D eigenvalue weighted by Crippen LogP contribution is -2.60. The number of aliphatic hydroxyl groups is 8.